The van der Waals surface area contributed by atoms with Crippen molar-refractivity contribution in [1.82, 2.24) is 10.6 Å². The number of nitrogens with one attached hydrogen (secondary N) is 2. The molecule has 27 heavy (non-hydrogen) atoms. The number of ether oxygens (including phenoxy) is 4. The summed E-state index contributed by atoms with van der Waals surface area (Å²) in [5, 5.41) is 4.67. The van der Waals surface area contributed by atoms with E-state index in [1.807, 2.05) is 13.8 Å². The van der Waals surface area contributed by atoms with Crippen molar-refractivity contribution in [3.63, 3.8) is 0 Å². The van der Waals surface area contributed by atoms with Gasteiger partial charge in [-0.05, 0) is 31.0 Å². The summed E-state index contributed by atoms with van der Waals surface area (Å²) in [7, 11) is 4.41. The summed E-state index contributed by atoms with van der Waals surface area (Å²) in [6.07, 6.45) is 0.619. The van der Waals surface area contributed by atoms with E-state index in [0.29, 0.717) is 22.8 Å². The molecule has 0 saturated heterocycles. The summed E-state index contributed by atoms with van der Waals surface area (Å²) in [6, 6.07) is 2.53. The number of methoxy groups -OCH3 is 3. The lowest BCUT2D eigenvalue weighted by atomic mass is 10.1. The van der Waals surface area contributed by atoms with Crippen LogP contribution in [0.1, 0.15) is 25.8 Å². The predicted octanol–water partition coefficient (Wildman–Crippen LogP) is 1.42. The van der Waals surface area contributed by atoms with Crippen LogP contribution in [0.5, 0.6) is 17.2 Å². The van der Waals surface area contributed by atoms with Crippen LogP contribution in [0.25, 0.3) is 0 Å². The van der Waals surface area contributed by atoms with Crippen molar-refractivity contribution < 1.29 is 33.3 Å². The third kappa shape index (κ3) is 7.04. The zero-order valence-corrected chi connectivity index (χ0v) is 16.2. The average molecular weight is 382 g/mol. The Kier molecular flexibility index (Phi) is 8.91. The molecule has 1 aromatic carbocycles. The molecule has 0 bridgehead atoms. The number of urea groups is 1. The first-order valence-electron chi connectivity index (χ1n) is 8.39. The maximum atomic E-state index is 12.0. The molecule has 9 nitrogen and oxygen atoms in total. The van der Waals surface area contributed by atoms with Gasteiger partial charge in [-0.1, -0.05) is 6.92 Å². The second kappa shape index (κ2) is 10.9. The van der Waals surface area contributed by atoms with Gasteiger partial charge in [-0.2, -0.15) is 0 Å². The highest BCUT2D eigenvalue weighted by atomic mass is 16.5. The topological polar surface area (TPSA) is 112 Å². The third-order valence-electron chi connectivity index (χ3n) is 3.68. The van der Waals surface area contributed by atoms with Gasteiger partial charge in [-0.3, -0.25) is 14.9 Å². The molecule has 0 spiro atoms. The van der Waals surface area contributed by atoms with E-state index in [0.717, 1.165) is 6.42 Å². The van der Waals surface area contributed by atoms with Crippen LogP contribution in [0, 0.1) is 0 Å². The van der Waals surface area contributed by atoms with Gasteiger partial charge in [0.15, 0.2) is 18.1 Å². The number of esters is 1. The van der Waals surface area contributed by atoms with Crippen molar-refractivity contribution in [2.45, 2.75) is 32.7 Å². The van der Waals surface area contributed by atoms with Gasteiger partial charge < -0.3 is 24.3 Å². The van der Waals surface area contributed by atoms with Gasteiger partial charge in [-0.15, -0.1) is 0 Å². The van der Waals surface area contributed by atoms with Crippen molar-refractivity contribution in [2.24, 2.45) is 0 Å². The summed E-state index contributed by atoms with van der Waals surface area (Å²) in [6.45, 7) is 3.15. The largest absolute Gasteiger partial charge is 0.493 e. The zero-order valence-electron chi connectivity index (χ0n) is 16.2. The van der Waals surface area contributed by atoms with E-state index in [9.17, 15) is 14.4 Å². The molecule has 0 aliphatic heterocycles. The van der Waals surface area contributed by atoms with Crippen molar-refractivity contribution in [3.8, 4) is 17.2 Å². The Balaban J connectivity index is 2.60. The molecule has 0 saturated carbocycles. The van der Waals surface area contributed by atoms with Crippen molar-refractivity contribution >= 4 is 17.9 Å². The fourth-order valence-electron chi connectivity index (χ4n) is 2.13. The summed E-state index contributed by atoms with van der Waals surface area (Å²) >= 11 is 0. The fraction of sp³-hybridized carbons (Fsp3) is 0.500. The number of hydrogen-bond donors (Lipinski definition) is 2. The van der Waals surface area contributed by atoms with Gasteiger partial charge in [0.05, 0.1) is 27.8 Å². The van der Waals surface area contributed by atoms with Crippen molar-refractivity contribution in [2.75, 3.05) is 27.9 Å². The standard InChI is InChI=1S/C18H26N2O7/c1-6-11(2)19-18(23)20-15(21)10-27-16(22)9-12-7-13(24-3)17(26-5)14(8-12)25-4/h7-8,11H,6,9-10H2,1-5H3,(H2,19,20,21,23)/t11-/m1/s1. The van der Waals surface area contributed by atoms with Gasteiger partial charge in [-0.25, -0.2) is 4.79 Å². The highest BCUT2D eigenvalue weighted by molar-refractivity contribution is 5.95. The normalized spacial score (nSPS) is 11.1. The molecule has 0 aromatic heterocycles. The maximum Gasteiger partial charge on any atom is 0.321 e. The molecule has 0 fully saturated rings. The Bertz CT molecular complexity index is 651. The Morgan fingerprint density at radius 1 is 1.04 bits per heavy atom. The quantitative estimate of drug-likeness (QED) is 0.621. The molecule has 0 unspecified atom stereocenters. The molecular weight excluding hydrogens is 356 g/mol. The summed E-state index contributed by atoms with van der Waals surface area (Å²) in [5.41, 5.74) is 0.560. The van der Waals surface area contributed by atoms with Crippen LogP contribution in [0.4, 0.5) is 4.79 Å². The van der Waals surface area contributed by atoms with E-state index < -0.39 is 24.5 Å². The number of rotatable bonds is 9. The van der Waals surface area contributed by atoms with Crippen LogP contribution in [0.15, 0.2) is 12.1 Å². The van der Waals surface area contributed by atoms with Gasteiger partial charge in [0, 0.05) is 6.04 Å². The van der Waals surface area contributed by atoms with E-state index in [1.165, 1.54) is 21.3 Å². The third-order valence-corrected chi connectivity index (χ3v) is 3.68. The Labute approximate surface area is 158 Å². The first kappa shape index (κ1) is 22.1. The number of carbonyl (C=O) groups is 3. The van der Waals surface area contributed by atoms with Gasteiger partial charge in [0.25, 0.3) is 5.91 Å². The minimum Gasteiger partial charge on any atom is -0.493 e. The van der Waals surface area contributed by atoms with Crippen LogP contribution in [-0.2, 0) is 20.7 Å². The molecule has 0 radical (unpaired) electrons. The first-order valence-corrected chi connectivity index (χ1v) is 8.39. The molecule has 1 aromatic rings. The molecular formula is C18H26N2O7. The molecule has 1 atom stereocenters. The van der Waals surface area contributed by atoms with Gasteiger partial charge in [0.1, 0.15) is 0 Å². The van der Waals surface area contributed by atoms with Crippen LogP contribution in [-0.4, -0.2) is 51.9 Å². The monoisotopic (exact) mass is 382 g/mol. The van der Waals surface area contributed by atoms with E-state index in [1.54, 1.807) is 12.1 Å². The Morgan fingerprint density at radius 2 is 1.63 bits per heavy atom. The lowest BCUT2D eigenvalue weighted by Gasteiger charge is -2.14. The van der Waals surface area contributed by atoms with E-state index in [-0.39, 0.29) is 12.5 Å². The summed E-state index contributed by atoms with van der Waals surface area (Å²) in [4.78, 5) is 35.2. The summed E-state index contributed by atoms with van der Waals surface area (Å²) < 4.78 is 20.5. The number of imide groups is 1. The number of carbonyl (C=O) groups excluding carboxylic acids is 3. The fourth-order valence-corrected chi connectivity index (χ4v) is 2.13. The van der Waals surface area contributed by atoms with E-state index in [4.69, 9.17) is 18.9 Å². The van der Waals surface area contributed by atoms with Crippen LogP contribution in [0.2, 0.25) is 0 Å². The molecule has 0 heterocycles. The van der Waals surface area contributed by atoms with Crippen LogP contribution in [0.3, 0.4) is 0 Å². The first-order chi connectivity index (χ1) is 12.8. The molecule has 3 amide bonds. The minimum absolute atomic E-state index is 0.0691. The second-order valence-electron chi connectivity index (χ2n) is 5.70. The molecule has 0 aliphatic rings. The Hall–Kier alpha value is -2.97. The highest BCUT2D eigenvalue weighted by Gasteiger charge is 2.17. The summed E-state index contributed by atoms with van der Waals surface area (Å²) in [5.74, 6) is -0.141. The van der Waals surface area contributed by atoms with Crippen LogP contribution < -0.4 is 24.8 Å². The SMILES string of the molecule is CC[C@@H](C)NC(=O)NC(=O)COC(=O)Cc1cc(OC)c(OC)c(OC)c1. The molecule has 150 valence electrons. The van der Waals surface area contributed by atoms with Gasteiger partial charge in [0.2, 0.25) is 5.75 Å². The molecule has 2 N–H and O–H groups in total. The second-order valence-corrected chi connectivity index (χ2v) is 5.70. The predicted molar refractivity (Wildman–Crippen MR) is 97.2 cm³/mol. The molecule has 9 heteroatoms. The van der Waals surface area contributed by atoms with Gasteiger partial charge >= 0.3 is 12.0 Å². The lowest BCUT2D eigenvalue weighted by Crippen LogP contribution is -2.44. The number of benzene rings is 1. The average Bonchev–Trinajstić information content (AvgIpc) is 2.65. The highest BCUT2D eigenvalue weighted by Crippen LogP contribution is 2.38. The van der Waals surface area contributed by atoms with Crippen LogP contribution >= 0.6 is 0 Å². The minimum atomic E-state index is -0.714. The van der Waals surface area contributed by atoms with E-state index in [2.05, 4.69) is 10.6 Å². The maximum absolute atomic E-state index is 12.0. The smallest absolute Gasteiger partial charge is 0.321 e. The zero-order chi connectivity index (χ0) is 20.4. The lowest BCUT2D eigenvalue weighted by molar-refractivity contribution is -0.147. The van der Waals surface area contributed by atoms with E-state index >= 15 is 0 Å². The van der Waals surface area contributed by atoms with Crippen molar-refractivity contribution in [3.05, 3.63) is 17.7 Å². The number of amides is 3. The number of hydrogen-bond acceptors (Lipinski definition) is 7. The molecule has 0 aliphatic carbocycles. The Morgan fingerprint density at radius 3 is 2.11 bits per heavy atom. The molecule has 1 rings (SSSR count). The van der Waals surface area contributed by atoms with Crippen molar-refractivity contribution in [1.29, 1.82) is 0 Å².